The summed E-state index contributed by atoms with van der Waals surface area (Å²) in [6, 6.07) is 6.16. The third-order valence-electron chi connectivity index (χ3n) is 4.55. The number of ether oxygens (including phenoxy) is 1. The molecule has 1 amide bonds. The van der Waals surface area contributed by atoms with Crippen molar-refractivity contribution < 1.29 is 17.9 Å². The maximum absolute atomic E-state index is 12.7. The summed E-state index contributed by atoms with van der Waals surface area (Å²) >= 11 is 1.43. The molecule has 1 aromatic carbocycles. The maximum Gasteiger partial charge on any atom is 0.273 e. The van der Waals surface area contributed by atoms with E-state index in [1.165, 1.54) is 27.8 Å². The van der Waals surface area contributed by atoms with Crippen molar-refractivity contribution in [1.82, 2.24) is 14.2 Å². The van der Waals surface area contributed by atoms with Crippen LogP contribution in [0.4, 0.5) is 0 Å². The summed E-state index contributed by atoms with van der Waals surface area (Å²) in [5.74, 6) is -0.118. The van der Waals surface area contributed by atoms with Gasteiger partial charge in [0.05, 0.1) is 11.4 Å². The zero-order valence-corrected chi connectivity index (χ0v) is 17.0. The number of carbonyl (C=O) groups is 1. The number of hydrogen-bond donors (Lipinski definition) is 0. The van der Waals surface area contributed by atoms with E-state index in [-0.39, 0.29) is 16.9 Å². The number of likely N-dealkylation sites (tertiary alicyclic amines) is 1. The van der Waals surface area contributed by atoms with Gasteiger partial charge < -0.3 is 9.64 Å². The number of hydrogen-bond acceptors (Lipinski definition) is 6. The molecule has 1 atom stereocenters. The summed E-state index contributed by atoms with van der Waals surface area (Å²) in [6.07, 6.45) is 2.37. The van der Waals surface area contributed by atoms with Gasteiger partial charge in [0, 0.05) is 43.2 Å². The van der Waals surface area contributed by atoms with Crippen LogP contribution in [0.3, 0.4) is 0 Å². The second kappa shape index (κ2) is 8.37. The van der Waals surface area contributed by atoms with E-state index in [0.717, 1.165) is 6.42 Å². The molecule has 0 spiro atoms. The largest absolute Gasteiger partial charge is 0.465 e. The summed E-state index contributed by atoms with van der Waals surface area (Å²) in [5, 5.41) is 2.46. The fraction of sp³-hybridized carbons (Fsp3) is 0.444. The Morgan fingerprint density at radius 1 is 1.30 bits per heavy atom. The minimum atomic E-state index is -3.52. The number of sulfonamides is 1. The van der Waals surface area contributed by atoms with Crippen LogP contribution in [0.15, 0.2) is 40.7 Å². The van der Waals surface area contributed by atoms with Gasteiger partial charge in [-0.25, -0.2) is 13.4 Å². The summed E-state index contributed by atoms with van der Waals surface area (Å²) in [5.41, 5.74) is 0.475. The first-order valence-corrected chi connectivity index (χ1v) is 11.2. The second-order valence-corrected chi connectivity index (χ2v) is 8.99. The topological polar surface area (TPSA) is 79.8 Å². The Balaban J connectivity index is 1.66. The molecule has 1 aliphatic rings. The molecule has 7 nitrogen and oxygen atoms in total. The van der Waals surface area contributed by atoms with Crippen LogP contribution in [0.5, 0.6) is 5.19 Å². The number of carbonyl (C=O) groups excluding carboxylic acids is 1. The lowest BCUT2D eigenvalue weighted by atomic mass is 10.2. The first kappa shape index (κ1) is 19.8. The molecule has 27 heavy (non-hydrogen) atoms. The third kappa shape index (κ3) is 4.31. The van der Waals surface area contributed by atoms with Gasteiger partial charge in [0.2, 0.25) is 10.0 Å². The van der Waals surface area contributed by atoms with Crippen LogP contribution < -0.4 is 4.74 Å². The zero-order valence-electron chi connectivity index (χ0n) is 15.4. The molecule has 9 heteroatoms. The lowest BCUT2D eigenvalue weighted by Crippen LogP contribution is -2.31. The van der Waals surface area contributed by atoms with Crippen molar-refractivity contribution in [3.8, 4) is 5.19 Å². The predicted molar refractivity (Wildman–Crippen MR) is 104 cm³/mol. The van der Waals surface area contributed by atoms with E-state index >= 15 is 0 Å². The molecule has 1 fully saturated rings. The molecule has 0 N–H and O–H groups in total. The fourth-order valence-electron chi connectivity index (χ4n) is 3.08. The SMILES string of the molecule is CCN(CC)S(=O)(=O)c1ccc(C(=O)N2CCC(Oc3nccs3)C2)cc1. The number of aromatic nitrogens is 1. The third-order valence-corrected chi connectivity index (χ3v) is 7.28. The van der Waals surface area contributed by atoms with Crippen LogP contribution >= 0.6 is 11.3 Å². The molecule has 1 aromatic heterocycles. The highest BCUT2D eigenvalue weighted by atomic mass is 32.2. The maximum atomic E-state index is 12.7. The van der Waals surface area contributed by atoms with Crippen molar-refractivity contribution in [1.29, 1.82) is 0 Å². The van der Waals surface area contributed by atoms with Crippen LogP contribution in [-0.2, 0) is 10.0 Å². The van der Waals surface area contributed by atoms with Gasteiger partial charge in [-0.1, -0.05) is 25.2 Å². The van der Waals surface area contributed by atoms with E-state index in [0.29, 0.717) is 36.9 Å². The predicted octanol–water partition coefficient (Wildman–Crippen LogP) is 2.47. The molecule has 146 valence electrons. The standard InChI is InChI=1S/C18H23N3O4S2/c1-3-21(4-2)27(23,24)16-7-5-14(6-8-16)17(22)20-11-9-15(13-20)25-18-19-10-12-26-18/h5-8,10,12,15H,3-4,9,11,13H2,1-2H3. The van der Waals surface area contributed by atoms with Crippen LogP contribution in [-0.4, -0.2) is 60.8 Å². The molecule has 2 heterocycles. The van der Waals surface area contributed by atoms with E-state index in [1.54, 1.807) is 37.1 Å². The molecule has 2 aromatic rings. The molecule has 1 aliphatic heterocycles. The molecule has 3 rings (SSSR count). The van der Waals surface area contributed by atoms with Gasteiger partial charge in [0.15, 0.2) is 0 Å². The van der Waals surface area contributed by atoms with Gasteiger partial charge in [-0.2, -0.15) is 4.31 Å². The number of thiazole rings is 1. The Morgan fingerprint density at radius 2 is 2.00 bits per heavy atom. The molecule has 0 saturated carbocycles. The van der Waals surface area contributed by atoms with E-state index in [4.69, 9.17) is 4.74 Å². The molecule has 0 aliphatic carbocycles. The second-order valence-electron chi connectivity index (χ2n) is 6.19. The first-order valence-electron chi connectivity index (χ1n) is 8.91. The zero-order chi connectivity index (χ0) is 19.4. The fourth-order valence-corrected chi connectivity index (χ4v) is 5.09. The monoisotopic (exact) mass is 409 g/mol. The van der Waals surface area contributed by atoms with Crippen molar-refractivity contribution in [3.05, 3.63) is 41.4 Å². The number of rotatable bonds is 7. The Kier molecular flexibility index (Phi) is 6.13. The number of amides is 1. The van der Waals surface area contributed by atoms with Crippen molar-refractivity contribution in [2.75, 3.05) is 26.2 Å². The van der Waals surface area contributed by atoms with E-state index < -0.39 is 10.0 Å². The van der Waals surface area contributed by atoms with Crippen LogP contribution in [0, 0.1) is 0 Å². The Hall–Kier alpha value is -1.97. The average molecular weight is 410 g/mol. The summed E-state index contributed by atoms with van der Waals surface area (Å²) in [7, 11) is -3.52. The molecular formula is C18H23N3O4S2. The minimum absolute atomic E-state index is 0.0672. The highest BCUT2D eigenvalue weighted by molar-refractivity contribution is 7.89. The van der Waals surface area contributed by atoms with Crippen molar-refractivity contribution in [2.45, 2.75) is 31.3 Å². The molecule has 0 bridgehead atoms. The normalized spacial score (nSPS) is 17.4. The smallest absolute Gasteiger partial charge is 0.273 e. The summed E-state index contributed by atoms with van der Waals surface area (Å²) in [6.45, 7) is 5.53. The quantitative estimate of drug-likeness (QED) is 0.702. The van der Waals surface area contributed by atoms with Gasteiger partial charge in [-0.3, -0.25) is 4.79 Å². The summed E-state index contributed by atoms with van der Waals surface area (Å²) < 4.78 is 32.2. The molecule has 1 saturated heterocycles. The van der Waals surface area contributed by atoms with Crippen LogP contribution in [0.1, 0.15) is 30.6 Å². The average Bonchev–Trinajstić information content (AvgIpc) is 3.34. The lowest BCUT2D eigenvalue weighted by Gasteiger charge is -2.19. The first-order chi connectivity index (χ1) is 13.0. The highest BCUT2D eigenvalue weighted by Crippen LogP contribution is 2.22. The van der Waals surface area contributed by atoms with E-state index in [2.05, 4.69) is 4.98 Å². The molecular weight excluding hydrogens is 386 g/mol. The Morgan fingerprint density at radius 3 is 2.59 bits per heavy atom. The molecule has 1 unspecified atom stereocenters. The van der Waals surface area contributed by atoms with E-state index in [1.807, 2.05) is 5.38 Å². The van der Waals surface area contributed by atoms with Gasteiger partial charge in [-0.15, -0.1) is 0 Å². The van der Waals surface area contributed by atoms with Gasteiger partial charge in [-0.05, 0) is 24.3 Å². The van der Waals surface area contributed by atoms with Gasteiger partial charge in [0.25, 0.3) is 11.1 Å². The summed E-state index contributed by atoms with van der Waals surface area (Å²) in [4.78, 5) is 18.7. The van der Waals surface area contributed by atoms with Gasteiger partial charge >= 0.3 is 0 Å². The lowest BCUT2D eigenvalue weighted by molar-refractivity contribution is 0.0772. The van der Waals surface area contributed by atoms with Crippen molar-refractivity contribution in [3.63, 3.8) is 0 Å². The number of benzene rings is 1. The van der Waals surface area contributed by atoms with E-state index in [9.17, 15) is 13.2 Å². The Labute approximate surface area is 163 Å². The minimum Gasteiger partial charge on any atom is -0.465 e. The van der Waals surface area contributed by atoms with Gasteiger partial charge in [0.1, 0.15) is 6.10 Å². The molecule has 0 radical (unpaired) electrons. The van der Waals surface area contributed by atoms with Crippen molar-refractivity contribution >= 4 is 27.3 Å². The Bertz CT molecular complexity index is 863. The highest BCUT2D eigenvalue weighted by Gasteiger charge is 2.29. The van der Waals surface area contributed by atoms with Crippen LogP contribution in [0.25, 0.3) is 0 Å². The van der Waals surface area contributed by atoms with Crippen LogP contribution in [0.2, 0.25) is 0 Å². The van der Waals surface area contributed by atoms with Crippen molar-refractivity contribution in [2.24, 2.45) is 0 Å². The number of nitrogens with zero attached hydrogens (tertiary/aromatic N) is 3.